The maximum atomic E-state index is 10.0. The molecule has 5 nitrogen and oxygen atoms in total. The molecule has 0 aliphatic carbocycles. The van der Waals surface area contributed by atoms with E-state index < -0.39 is 0 Å². The third kappa shape index (κ3) is 5.24. The van der Waals surface area contributed by atoms with Crippen molar-refractivity contribution in [1.29, 1.82) is 0 Å². The van der Waals surface area contributed by atoms with Crippen molar-refractivity contribution in [2.75, 3.05) is 44.7 Å². The Hall–Kier alpha value is -1.48. The lowest BCUT2D eigenvalue weighted by Gasteiger charge is -2.37. The number of aliphatic imine (C=N–C) groups is 1. The lowest BCUT2D eigenvalue weighted by Crippen LogP contribution is -2.52. The predicted molar refractivity (Wildman–Crippen MR) is 117 cm³/mol. The average Bonchev–Trinajstić information content (AvgIpc) is 3.13. The molecule has 1 aliphatic heterocycles. The largest absolute Gasteiger partial charge is 0.506 e. The molecule has 0 unspecified atom stereocenters. The molecule has 3 rings (SSSR count). The number of rotatable bonds is 4. The Morgan fingerprint density at radius 3 is 2.56 bits per heavy atom. The van der Waals surface area contributed by atoms with E-state index in [4.69, 9.17) is 0 Å². The zero-order valence-electron chi connectivity index (χ0n) is 14.4. The van der Waals surface area contributed by atoms with Crippen molar-refractivity contribution in [1.82, 2.24) is 10.2 Å². The van der Waals surface area contributed by atoms with Crippen LogP contribution in [0.25, 0.3) is 0 Å². The van der Waals surface area contributed by atoms with E-state index in [1.807, 2.05) is 25.2 Å². The number of para-hydroxylation sites is 2. The molecule has 0 bridgehead atoms. The molecule has 1 saturated heterocycles. The second-order valence-electron chi connectivity index (χ2n) is 5.77. The Balaban J connectivity index is 0.00000225. The maximum absolute atomic E-state index is 10.0. The second-order valence-corrected chi connectivity index (χ2v) is 6.80. The first-order valence-corrected chi connectivity index (χ1v) is 9.17. The van der Waals surface area contributed by atoms with Gasteiger partial charge in [-0.15, -0.1) is 35.3 Å². The van der Waals surface area contributed by atoms with Crippen molar-refractivity contribution < 1.29 is 5.11 Å². The van der Waals surface area contributed by atoms with Gasteiger partial charge in [0.15, 0.2) is 5.96 Å². The van der Waals surface area contributed by atoms with Gasteiger partial charge in [-0.3, -0.25) is 4.99 Å². The summed E-state index contributed by atoms with van der Waals surface area (Å²) in [5.74, 6) is 1.31. The zero-order chi connectivity index (χ0) is 16.8. The van der Waals surface area contributed by atoms with Gasteiger partial charge in [-0.25, -0.2) is 0 Å². The van der Waals surface area contributed by atoms with E-state index in [1.54, 1.807) is 17.4 Å². The zero-order valence-corrected chi connectivity index (χ0v) is 17.5. The standard InChI is InChI=1S/C18H24N4OS.HI/c1-19-18(20-9-8-15-5-4-14-24-15)22-12-10-21(11-13-22)16-6-2-3-7-17(16)23;/h2-7,14,23H,8-13H2,1H3,(H,19,20);1H. The third-order valence-electron chi connectivity index (χ3n) is 4.25. The number of guanidine groups is 1. The number of phenols is 1. The van der Waals surface area contributed by atoms with Crippen molar-refractivity contribution >= 4 is 47.0 Å². The van der Waals surface area contributed by atoms with Crippen LogP contribution in [0.2, 0.25) is 0 Å². The summed E-state index contributed by atoms with van der Waals surface area (Å²) in [6, 6.07) is 11.8. The van der Waals surface area contributed by atoms with E-state index in [9.17, 15) is 5.11 Å². The lowest BCUT2D eigenvalue weighted by molar-refractivity contribution is 0.370. The molecule has 2 heterocycles. The van der Waals surface area contributed by atoms with Gasteiger partial charge in [0.05, 0.1) is 5.69 Å². The van der Waals surface area contributed by atoms with Crippen LogP contribution < -0.4 is 10.2 Å². The molecule has 25 heavy (non-hydrogen) atoms. The van der Waals surface area contributed by atoms with Crippen LogP contribution in [0.4, 0.5) is 5.69 Å². The van der Waals surface area contributed by atoms with E-state index in [1.165, 1.54) is 4.88 Å². The molecule has 1 fully saturated rings. The monoisotopic (exact) mass is 472 g/mol. The minimum atomic E-state index is 0. The molecular formula is C18H25IN4OS. The van der Waals surface area contributed by atoms with Crippen molar-refractivity contribution in [3.63, 3.8) is 0 Å². The molecule has 0 radical (unpaired) electrons. The third-order valence-corrected chi connectivity index (χ3v) is 5.18. The van der Waals surface area contributed by atoms with Crippen LogP contribution in [0.3, 0.4) is 0 Å². The van der Waals surface area contributed by atoms with E-state index >= 15 is 0 Å². The number of halogens is 1. The highest BCUT2D eigenvalue weighted by Crippen LogP contribution is 2.27. The summed E-state index contributed by atoms with van der Waals surface area (Å²) < 4.78 is 0. The molecule has 2 N–H and O–H groups in total. The van der Waals surface area contributed by atoms with Gasteiger partial charge in [0.25, 0.3) is 0 Å². The first-order chi connectivity index (χ1) is 11.8. The average molecular weight is 472 g/mol. The summed E-state index contributed by atoms with van der Waals surface area (Å²) in [7, 11) is 1.84. The summed E-state index contributed by atoms with van der Waals surface area (Å²) in [6.07, 6.45) is 1.02. The summed E-state index contributed by atoms with van der Waals surface area (Å²) in [6.45, 7) is 4.44. The van der Waals surface area contributed by atoms with Gasteiger partial charge in [-0.2, -0.15) is 0 Å². The highest BCUT2D eigenvalue weighted by molar-refractivity contribution is 14.0. The first kappa shape index (κ1) is 19.8. The molecule has 1 aromatic carbocycles. The fourth-order valence-corrected chi connectivity index (χ4v) is 3.68. The van der Waals surface area contributed by atoms with E-state index in [2.05, 4.69) is 37.6 Å². The fraction of sp³-hybridized carbons (Fsp3) is 0.389. The summed E-state index contributed by atoms with van der Waals surface area (Å²) in [5.41, 5.74) is 0.915. The van der Waals surface area contributed by atoms with Crippen molar-refractivity contribution in [3.05, 3.63) is 46.7 Å². The molecule has 0 amide bonds. The van der Waals surface area contributed by atoms with E-state index in [0.717, 1.165) is 50.8 Å². The van der Waals surface area contributed by atoms with Crippen molar-refractivity contribution in [3.8, 4) is 5.75 Å². The lowest BCUT2D eigenvalue weighted by atomic mass is 10.2. The van der Waals surface area contributed by atoms with Gasteiger partial charge < -0.3 is 20.2 Å². The van der Waals surface area contributed by atoms with Crippen LogP contribution >= 0.6 is 35.3 Å². The van der Waals surface area contributed by atoms with Gasteiger partial charge >= 0.3 is 0 Å². The molecule has 7 heteroatoms. The Morgan fingerprint density at radius 2 is 1.92 bits per heavy atom. The number of nitrogens with one attached hydrogen (secondary N) is 1. The molecule has 1 aromatic heterocycles. The smallest absolute Gasteiger partial charge is 0.193 e. The quantitative estimate of drug-likeness (QED) is 0.408. The topological polar surface area (TPSA) is 51.1 Å². The molecule has 0 saturated carbocycles. The number of nitrogens with zero attached hydrogens (tertiary/aromatic N) is 3. The number of hydrogen-bond donors (Lipinski definition) is 2. The highest BCUT2D eigenvalue weighted by Gasteiger charge is 2.21. The predicted octanol–water partition coefficient (Wildman–Crippen LogP) is 3.01. The Morgan fingerprint density at radius 1 is 1.16 bits per heavy atom. The second kappa shape index (κ2) is 9.86. The number of anilines is 1. The summed E-state index contributed by atoms with van der Waals surface area (Å²) in [4.78, 5) is 10.3. The van der Waals surface area contributed by atoms with Gasteiger partial charge in [-0.1, -0.05) is 18.2 Å². The van der Waals surface area contributed by atoms with E-state index in [-0.39, 0.29) is 24.0 Å². The van der Waals surface area contributed by atoms with Crippen LogP contribution in [-0.2, 0) is 6.42 Å². The Bertz CT molecular complexity index is 669. The number of piperazine rings is 1. The van der Waals surface area contributed by atoms with Gasteiger partial charge in [0.2, 0.25) is 0 Å². The molecular weight excluding hydrogens is 447 g/mol. The molecule has 0 spiro atoms. The number of hydrogen-bond acceptors (Lipinski definition) is 4. The number of thiophene rings is 1. The van der Waals surface area contributed by atoms with Crippen LogP contribution in [0.15, 0.2) is 46.8 Å². The van der Waals surface area contributed by atoms with Gasteiger partial charge in [-0.05, 0) is 30.0 Å². The number of phenolic OH excluding ortho intramolecular Hbond substituents is 1. The van der Waals surface area contributed by atoms with Crippen LogP contribution in [0.5, 0.6) is 5.75 Å². The maximum Gasteiger partial charge on any atom is 0.193 e. The fourth-order valence-electron chi connectivity index (χ4n) is 2.98. The Labute approximate surface area is 170 Å². The minimum Gasteiger partial charge on any atom is -0.506 e. The normalized spacial score (nSPS) is 15.0. The summed E-state index contributed by atoms with van der Waals surface area (Å²) >= 11 is 1.79. The molecule has 0 atom stereocenters. The number of benzene rings is 1. The number of aromatic hydroxyl groups is 1. The SMILES string of the molecule is CN=C(NCCc1cccs1)N1CCN(c2ccccc2O)CC1.I. The van der Waals surface area contributed by atoms with Gasteiger partial charge in [0.1, 0.15) is 5.75 Å². The Kier molecular flexibility index (Phi) is 7.83. The molecule has 1 aliphatic rings. The van der Waals surface area contributed by atoms with Gasteiger partial charge in [0, 0.05) is 44.6 Å². The van der Waals surface area contributed by atoms with Crippen LogP contribution in [-0.4, -0.2) is 55.7 Å². The molecule has 136 valence electrons. The minimum absolute atomic E-state index is 0. The summed E-state index contributed by atoms with van der Waals surface area (Å²) in [5, 5.41) is 15.6. The van der Waals surface area contributed by atoms with E-state index in [0.29, 0.717) is 5.75 Å². The van der Waals surface area contributed by atoms with Crippen molar-refractivity contribution in [2.45, 2.75) is 6.42 Å². The first-order valence-electron chi connectivity index (χ1n) is 8.29. The molecule has 2 aromatic rings. The van der Waals surface area contributed by atoms with Crippen molar-refractivity contribution in [2.24, 2.45) is 4.99 Å². The van der Waals surface area contributed by atoms with Crippen LogP contribution in [0, 0.1) is 0 Å². The highest BCUT2D eigenvalue weighted by atomic mass is 127. The van der Waals surface area contributed by atoms with Crippen LogP contribution in [0.1, 0.15) is 4.88 Å².